The number of hydrogen-bond acceptors (Lipinski definition) is 4. The molecule has 4 N–H and O–H groups in total. The van der Waals surface area contributed by atoms with Crippen molar-refractivity contribution < 1.29 is 19.8 Å². The van der Waals surface area contributed by atoms with Crippen LogP contribution in [-0.4, -0.2) is 66.4 Å². The number of amides is 2. The number of carbonyl (C=O) groups is 2. The number of rotatable bonds is 7. The van der Waals surface area contributed by atoms with E-state index in [0.29, 0.717) is 12.5 Å². The Hall–Kier alpha value is -1.34. The summed E-state index contributed by atoms with van der Waals surface area (Å²) in [6.07, 6.45) is 3.21. The first-order valence-electron chi connectivity index (χ1n) is 7.09. The number of nitrogens with one attached hydrogen (secondary N) is 2. The van der Waals surface area contributed by atoms with Crippen molar-refractivity contribution in [1.29, 1.82) is 0 Å². The molecular weight excluding hydrogens is 262 g/mol. The third kappa shape index (κ3) is 6.21. The van der Waals surface area contributed by atoms with Gasteiger partial charge in [-0.2, -0.15) is 0 Å². The molecule has 1 atom stereocenters. The van der Waals surface area contributed by atoms with Gasteiger partial charge in [-0.1, -0.05) is 0 Å². The van der Waals surface area contributed by atoms with Crippen molar-refractivity contribution in [2.75, 3.05) is 33.3 Å². The lowest BCUT2D eigenvalue weighted by Gasteiger charge is -2.28. The normalized spacial score (nSPS) is 18.5. The first-order chi connectivity index (χ1) is 9.52. The van der Waals surface area contributed by atoms with Crippen LogP contribution in [0.1, 0.15) is 25.7 Å². The number of aliphatic hydroxyl groups is 1. The van der Waals surface area contributed by atoms with Gasteiger partial charge in [-0.3, -0.25) is 0 Å². The summed E-state index contributed by atoms with van der Waals surface area (Å²) < 4.78 is 0. The molecule has 1 heterocycles. The third-order valence-electron chi connectivity index (χ3n) is 3.70. The second kappa shape index (κ2) is 8.76. The zero-order valence-corrected chi connectivity index (χ0v) is 12.0. The van der Waals surface area contributed by atoms with Gasteiger partial charge in [0.1, 0.15) is 6.04 Å². The summed E-state index contributed by atoms with van der Waals surface area (Å²) in [6, 6.07) is -1.53. The molecule has 1 fully saturated rings. The molecule has 1 aliphatic rings. The van der Waals surface area contributed by atoms with Crippen molar-refractivity contribution in [2.24, 2.45) is 5.92 Å². The van der Waals surface area contributed by atoms with Crippen LogP contribution in [0.3, 0.4) is 0 Å². The minimum absolute atomic E-state index is 0.0116. The zero-order chi connectivity index (χ0) is 15.0. The molecule has 1 unspecified atom stereocenters. The molecule has 1 saturated heterocycles. The highest BCUT2D eigenvalue weighted by atomic mass is 16.4. The van der Waals surface area contributed by atoms with Crippen LogP contribution in [0.25, 0.3) is 0 Å². The second-order valence-corrected chi connectivity index (χ2v) is 5.34. The summed E-state index contributed by atoms with van der Waals surface area (Å²) in [5.41, 5.74) is 0. The van der Waals surface area contributed by atoms with Gasteiger partial charge < -0.3 is 25.7 Å². The van der Waals surface area contributed by atoms with E-state index < -0.39 is 18.0 Å². The standard InChI is InChI=1S/C13H25N3O4/c1-16-7-3-10(4-8-16)2-6-14-13(20)15-11(5-9-17)12(18)19/h10-11,17H,2-9H2,1H3,(H,18,19)(H2,14,15,20). The smallest absolute Gasteiger partial charge is 0.326 e. The predicted octanol–water partition coefficient (Wildman–Crippen LogP) is -0.147. The van der Waals surface area contributed by atoms with E-state index in [1.165, 1.54) is 0 Å². The Morgan fingerprint density at radius 1 is 1.35 bits per heavy atom. The zero-order valence-electron chi connectivity index (χ0n) is 12.0. The van der Waals surface area contributed by atoms with Crippen molar-refractivity contribution in [1.82, 2.24) is 15.5 Å². The fourth-order valence-corrected chi connectivity index (χ4v) is 2.34. The molecular formula is C13H25N3O4. The fourth-order valence-electron chi connectivity index (χ4n) is 2.34. The Morgan fingerprint density at radius 3 is 2.55 bits per heavy atom. The molecule has 2 amide bonds. The lowest BCUT2D eigenvalue weighted by Crippen LogP contribution is -2.46. The van der Waals surface area contributed by atoms with Crippen LogP contribution >= 0.6 is 0 Å². The SMILES string of the molecule is CN1CCC(CCNC(=O)NC(CCO)C(=O)O)CC1. The van der Waals surface area contributed by atoms with Gasteiger partial charge in [0.2, 0.25) is 0 Å². The van der Waals surface area contributed by atoms with Gasteiger partial charge in [-0.15, -0.1) is 0 Å². The average molecular weight is 287 g/mol. The Kier molecular flexibility index (Phi) is 7.32. The Bertz CT molecular complexity index is 317. The van der Waals surface area contributed by atoms with Crippen LogP contribution in [-0.2, 0) is 4.79 Å². The number of urea groups is 1. The van der Waals surface area contributed by atoms with Crippen molar-refractivity contribution in [3.63, 3.8) is 0 Å². The van der Waals surface area contributed by atoms with Crippen molar-refractivity contribution in [2.45, 2.75) is 31.7 Å². The van der Waals surface area contributed by atoms with Crippen LogP contribution in [0.15, 0.2) is 0 Å². The number of likely N-dealkylation sites (tertiary alicyclic amines) is 1. The van der Waals surface area contributed by atoms with E-state index in [0.717, 1.165) is 32.4 Å². The Balaban J connectivity index is 2.17. The molecule has 0 radical (unpaired) electrons. The van der Waals surface area contributed by atoms with Gasteiger partial charge >= 0.3 is 12.0 Å². The van der Waals surface area contributed by atoms with E-state index in [2.05, 4.69) is 22.6 Å². The van der Waals surface area contributed by atoms with Gasteiger partial charge in [-0.25, -0.2) is 9.59 Å². The molecule has 0 aromatic heterocycles. The largest absolute Gasteiger partial charge is 0.480 e. The van der Waals surface area contributed by atoms with Crippen LogP contribution in [0.4, 0.5) is 4.79 Å². The van der Waals surface area contributed by atoms with Crippen LogP contribution in [0.5, 0.6) is 0 Å². The number of hydrogen-bond donors (Lipinski definition) is 4. The van der Waals surface area contributed by atoms with E-state index in [4.69, 9.17) is 10.2 Å². The molecule has 0 aliphatic carbocycles. The van der Waals surface area contributed by atoms with Gasteiger partial charge in [0, 0.05) is 19.6 Å². The molecule has 7 nitrogen and oxygen atoms in total. The maximum Gasteiger partial charge on any atom is 0.326 e. The molecule has 7 heteroatoms. The highest BCUT2D eigenvalue weighted by Crippen LogP contribution is 2.18. The number of aliphatic carboxylic acids is 1. The number of aliphatic hydroxyl groups excluding tert-OH is 1. The number of nitrogens with zero attached hydrogens (tertiary/aromatic N) is 1. The summed E-state index contributed by atoms with van der Waals surface area (Å²) in [7, 11) is 2.11. The van der Waals surface area contributed by atoms with E-state index in [1.54, 1.807) is 0 Å². The Labute approximate surface area is 119 Å². The molecule has 0 spiro atoms. The lowest BCUT2D eigenvalue weighted by molar-refractivity contribution is -0.139. The van der Waals surface area contributed by atoms with Gasteiger partial charge in [-0.05, 0) is 45.3 Å². The van der Waals surface area contributed by atoms with Gasteiger partial charge in [0.05, 0.1) is 0 Å². The number of piperidine rings is 1. The van der Waals surface area contributed by atoms with E-state index in [-0.39, 0.29) is 13.0 Å². The second-order valence-electron chi connectivity index (χ2n) is 5.34. The number of carbonyl (C=O) groups excluding carboxylic acids is 1. The molecule has 1 aliphatic heterocycles. The first kappa shape index (κ1) is 16.7. The van der Waals surface area contributed by atoms with Crippen molar-refractivity contribution in [3.8, 4) is 0 Å². The average Bonchev–Trinajstić information content (AvgIpc) is 2.40. The van der Waals surface area contributed by atoms with E-state index in [1.807, 2.05) is 0 Å². The highest BCUT2D eigenvalue weighted by Gasteiger charge is 2.20. The number of carboxylic acids is 1. The van der Waals surface area contributed by atoms with Gasteiger partial charge in [0.25, 0.3) is 0 Å². The summed E-state index contributed by atoms with van der Waals surface area (Å²) in [6.45, 7) is 2.46. The highest BCUT2D eigenvalue weighted by molar-refractivity contribution is 5.82. The minimum Gasteiger partial charge on any atom is -0.480 e. The minimum atomic E-state index is -1.13. The van der Waals surface area contributed by atoms with Crippen molar-refractivity contribution >= 4 is 12.0 Å². The number of carboxylic acid groups (broad SMARTS) is 1. The molecule has 20 heavy (non-hydrogen) atoms. The molecule has 1 rings (SSSR count). The molecule has 116 valence electrons. The van der Waals surface area contributed by atoms with E-state index >= 15 is 0 Å². The quantitative estimate of drug-likeness (QED) is 0.522. The fraction of sp³-hybridized carbons (Fsp3) is 0.846. The summed E-state index contributed by atoms with van der Waals surface area (Å²) in [4.78, 5) is 24.7. The van der Waals surface area contributed by atoms with E-state index in [9.17, 15) is 9.59 Å². The molecule has 0 aromatic carbocycles. The maximum atomic E-state index is 11.6. The first-order valence-corrected chi connectivity index (χ1v) is 7.09. The van der Waals surface area contributed by atoms with Gasteiger partial charge in [0.15, 0.2) is 0 Å². The van der Waals surface area contributed by atoms with Crippen LogP contribution in [0.2, 0.25) is 0 Å². The molecule has 0 bridgehead atoms. The lowest BCUT2D eigenvalue weighted by atomic mass is 9.94. The Morgan fingerprint density at radius 2 is 2.00 bits per heavy atom. The summed E-state index contributed by atoms with van der Waals surface area (Å²) in [5.74, 6) is -0.510. The maximum absolute atomic E-state index is 11.6. The predicted molar refractivity (Wildman–Crippen MR) is 74.5 cm³/mol. The van der Waals surface area contributed by atoms with Crippen LogP contribution in [0, 0.1) is 5.92 Å². The third-order valence-corrected chi connectivity index (χ3v) is 3.70. The summed E-state index contributed by atoms with van der Waals surface area (Å²) >= 11 is 0. The monoisotopic (exact) mass is 287 g/mol. The topological polar surface area (TPSA) is 102 Å². The molecule has 0 saturated carbocycles. The van der Waals surface area contributed by atoms with Crippen LogP contribution < -0.4 is 10.6 Å². The summed E-state index contributed by atoms with van der Waals surface area (Å²) in [5, 5.41) is 22.6. The molecule has 0 aromatic rings. The van der Waals surface area contributed by atoms with Crippen molar-refractivity contribution in [3.05, 3.63) is 0 Å².